The Kier molecular flexibility index (Phi) is 3.62. The summed E-state index contributed by atoms with van der Waals surface area (Å²) in [6.45, 7) is 6.39. The van der Waals surface area contributed by atoms with E-state index < -0.39 is 0 Å². The standard InChI is InChI=1S/C18H23NO2/c1-10(2)13-7-16-15(9-18(13)21-19)12-6-4-5-11(3)14(12)8-17(16)20/h7-12H,4-6,19H2,1-3H3/t11-,12?/m1/s1. The van der Waals surface area contributed by atoms with Gasteiger partial charge < -0.3 is 4.84 Å². The molecule has 3 nitrogen and oxygen atoms in total. The number of benzene rings is 1. The Hall–Kier alpha value is -1.61. The highest BCUT2D eigenvalue weighted by Gasteiger charge is 2.33. The predicted octanol–water partition coefficient (Wildman–Crippen LogP) is 4.09. The molecule has 1 unspecified atom stereocenters. The van der Waals surface area contributed by atoms with Gasteiger partial charge in [0.05, 0.1) is 0 Å². The van der Waals surface area contributed by atoms with E-state index in [0.717, 1.165) is 23.1 Å². The lowest BCUT2D eigenvalue weighted by molar-refractivity contribution is 0.103. The fourth-order valence-corrected chi connectivity index (χ4v) is 3.78. The third-order valence-corrected chi connectivity index (χ3v) is 4.97. The number of nitrogens with two attached hydrogens (primary N) is 1. The van der Waals surface area contributed by atoms with Gasteiger partial charge >= 0.3 is 0 Å². The van der Waals surface area contributed by atoms with Crippen molar-refractivity contribution in [1.29, 1.82) is 0 Å². The molecule has 3 heteroatoms. The van der Waals surface area contributed by atoms with Gasteiger partial charge in [-0.3, -0.25) is 4.79 Å². The number of hydrogen-bond donors (Lipinski definition) is 1. The molecule has 0 radical (unpaired) electrons. The molecule has 3 rings (SSSR count). The Balaban J connectivity index is 2.16. The zero-order valence-electron chi connectivity index (χ0n) is 13.0. The molecular weight excluding hydrogens is 262 g/mol. The smallest absolute Gasteiger partial charge is 0.186 e. The Morgan fingerprint density at radius 1 is 1.29 bits per heavy atom. The van der Waals surface area contributed by atoms with E-state index in [2.05, 4.69) is 20.8 Å². The molecule has 0 aliphatic heterocycles. The summed E-state index contributed by atoms with van der Waals surface area (Å²) in [6, 6.07) is 3.98. The van der Waals surface area contributed by atoms with E-state index in [1.807, 2.05) is 18.2 Å². The largest absolute Gasteiger partial charge is 0.411 e. The number of fused-ring (bicyclic) bond motifs is 3. The van der Waals surface area contributed by atoms with Crippen molar-refractivity contribution in [2.24, 2.45) is 11.8 Å². The van der Waals surface area contributed by atoms with Gasteiger partial charge in [0.2, 0.25) is 0 Å². The van der Waals surface area contributed by atoms with Gasteiger partial charge in [0.15, 0.2) is 11.5 Å². The molecule has 0 spiro atoms. The first-order valence-corrected chi connectivity index (χ1v) is 7.83. The van der Waals surface area contributed by atoms with Crippen LogP contribution in [0.5, 0.6) is 5.75 Å². The van der Waals surface area contributed by atoms with Crippen LogP contribution in [-0.4, -0.2) is 5.78 Å². The fraction of sp³-hybridized carbons (Fsp3) is 0.500. The van der Waals surface area contributed by atoms with Crippen molar-refractivity contribution in [3.63, 3.8) is 0 Å². The minimum Gasteiger partial charge on any atom is -0.411 e. The average Bonchev–Trinajstić information content (AvgIpc) is 2.47. The number of carbonyl (C=O) groups is 1. The third-order valence-electron chi connectivity index (χ3n) is 4.97. The second-order valence-electron chi connectivity index (χ2n) is 6.64. The Labute approximate surface area is 126 Å². The molecule has 1 aromatic carbocycles. The van der Waals surface area contributed by atoms with Gasteiger partial charge in [-0.1, -0.05) is 32.8 Å². The normalized spacial score (nSPS) is 24.4. The van der Waals surface area contributed by atoms with Crippen molar-refractivity contribution in [1.82, 2.24) is 0 Å². The first kappa shape index (κ1) is 14.3. The summed E-state index contributed by atoms with van der Waals surface area (Å²) in [6.07, 6.45) is 5.38. The van der Waals surface area contributed by atoms with Crippen LogP contribution in [0.2, 0.25) is 0 Å². The molecule has 112 valence electrons. The van der Waals surface area contributed by atoms with Gasteiger partial charge in [-0.2, -0.15) is 5.90 Å². The third kappa shape index (κ3) is 2.30. The SMILES string of the molecule is CC(C)c1cc2c(cc1ON)C1CCC[C@@H](C)C1=CC2=O. The summed E-state index contributed by atoms with van der Waals surface area (Å²) in [5, 5.41) is 0. The number of carbonyl (C=O) groups excluding carboxylic acids is 1. The number of rotatable bonds is 2. The van der Waals surface area contributed by atoms with Gasteiger partial charge in [0, 0.05) is 17.0 Å². The van der Waals surface area contributed by atoms with Gasteiger partial charge in [0.25, 0.3) is 0 Å². The predicted molar refractivity (Wildman–Crippen MR) is 83.5 cm³/mol. The Bertz CT molecular complexity index is 616. The number of allylic oxidation sites excluding steroid dienone is 2. The number of hydrogen-bond acceptors (Lipinski definition) is 3. The molecule has 2 atom stereocenters. The minimum atomic E-state index is 0.135. The summed E-state index contributed by atoms with van der Waals surface area (Å²) in [5.41, 5.74) is 4.24. The zero-order valence-corrected chi connectivity index (χ0v) is 13.0. The second kappa shape index (κ2) is 5.30. The van der Waals surface area contributed by atoms with E-state index in [1.165, 1.54) is 18.4 Å². The molecule has 0 bridgehead atoms. The molecule has 0 amide bonds. The van der Waals surface area contributed by atoms with Crippen molar-refractivity contribution in [2.75, 3.05) is 0 Å². The fourth-order valence-electron chi connectivity index (χ4n) is 3.78. The Morgan fingerprint density at radius 3 is 2.71 bits per heavy atom. The van der Waals surface area contributed by atoms with Crippen molar-refractivity contribution >= 4 is 5.78 Å². The molecule has 1 aromatic rings. The zero-order chi connectivity index (χ0) is 15.1. The van der Waals surface area contributed by atoms with Crippen LogP contribution in [0.4, 0.5) is 0 Å². The highest BCUT2D eigenvalue weighted by Crippen LogP contribution is 2.46. The van der Waals surface area contributed by atoms with Gasteiger partial charge in [-0.15, -0.1) is 0 Å². The molecule has 2 aliphatic rings. The maximum absolute atomic E-state index is 12.5. The van der Waals surface area contributed by atoms with Crippen LogP contribution in [-0.2, 0) is 0 Å². The summed E-state index contributed by atoms with van der Waals surface area (Å²) < 4.78 is 0. The second-order valence-corrected chi connectivity index (χ2v) is 6.64. The maximum Gasteiger partial charge on any atom is 0.186 e. The van der Waals surface area contributed by atoms with Gasteiger partial charge in [0.1, 0.15) is 0 Å². The molecule has 2 aliphatic carbocycles. The average molecular weight is 285 g/mol. The summed E-state index contributed by atoms with van der Waals surface area (Å²) in [4.78, 5) is 17.6. The summed E-state index contributed by atoms with van der Waals surface area (Å²) >= 11 is 0. The van der Waals surface area contributed by atoms with E-state index in [4.69, 9.17) is 10.7 Å². The summed E-state index contributed by atoms with van der Waals surface area (Å²) in [7, 11) is 0. The summed E-state index contributed by atoms with van der Waals surface area (Å²) in [5.74, 6) is 7.42. The van der Waals surface area contributed by atoms with E-state index in [9.17, 15) is 4.79 Å². The van der Waals surface area contributed by atoms with Crippen molar-refractivity contribution in [3.05, 3.63) is 40.5 Å². The van der Waals surface area contributed by atoms with Crippen LogP contribution < -0.4 is 10.7 Å². The first-order chi connectivity index (χ1) is 10.0. The van der Waals surface area contributed by atoms with Gasteiger partial charge in [-0.25, -0.2) is 0 Å². The maximum atomic E-state index is 12.5. The molecule has 1 saturated carbocycles. The molecule has 0 aromatic heterocycles. The monoisotopic (exact) mass is 285 g/mol. The lowest BCUT2D eigenvalue weighted by Crippen LogP contribution is -2.24. The highest BCUT2D eigenvalue weighted by atomic mass is 16.6. The van der Waals surface area contributed by atoms with Gasteiger partial charge in [-0.05, 0) is 48.4 Å². The van der Waals surface area contributed by atoms with Crippen LogP contribution in [0.3, 0.4) is 0 Å². The Morgan fingerprint density at radius 2 is 2.05 bits per heavy atom. The lowest BCUT2D eigenvalue weighted by Gasteiger charge is -2.35. The molecule has 21 heavy (non-hydrogen) atoms. The van der Waals surface area contributed by atoms with Crippen molar-refractivity contribution in [2.45, 2.75) is 51.9 Å². The van der Waals surface area contributed by atoms with E-state index >= 15 is 0 Å². The first-order valence-electron chi connectivity index (χ1n) is 7.83. The lowest BCUT2D eigenvalue weighted by atomic mass is 9.69. The highest BCUT2D eigenvalue weighted by molar-refractivity contribution is 6.08. The molecule has 0 saturated heterocycles. The van der Waals surface area contributed by atoms with E-state index in [1.54, 1.807) is 0 Å². The quantitative estimate of drug-likeness (QED) is 0.833. The van der Waals surface area contributed by atoms with Crippen LogP contribution in [0, 0.1) is 5.92 Å². The van der Waals surface area contributed by atoms with Crippen molar-refractivity contribution < 1.29 is 9.63 Å². The van der Waals surface area contributed by atoms with Crippen LogP contribution in [0.25, 0.3) is 0 Å². The van der Waals surface area contributed by atoms with Crippen LogP contribution in [0.15, 0.2) is 23.8 Å². The molecular formula is C18H23NO2. The minimum absolute atomic E-state index is 0.135. The number of ketones is 1. The molecule has 0 heterocycles. The molecule has 2 N–H and O–H groups in total. The van der Waals surface area contributed by atoms with Crippen LogP contribution in [0.1, 0.15) is 73.4 Å². The van der Waals surface area contributed by atoms with Crippen LogP contribution >= 0.6 is 0 Å². The van der Waals surface area contributed by atoms with E-state index in [-0.39, 0.29) is 11.7 Å². The van der Waals surface area contributed by atoms with E-state index in [0.29, 0.717) is 17.6 Å². The molecule has 1 fully saturated rings. The topological polar surface area (TPSA) is 52.3 Å². The van der Waals surface area contributed by atoms with Crippen molar-refractivity contribution in [3.8, 4) is 5.75 Å².